The van der Waals surface area contributed by atoms with E-state index < -0.39 is 0 Å². The van der Waals surface area contributed by atoms with Crippen LogP contribution in [0.4, 0.5) is 0 Å². The monoisotopic (exact) mass is 265 g/mol. The molecule has 0 bridgehead atoms. The standard InChI is InChI=1S/C12H11NO2S2/c14-13(15)9-16-12-7-6-11(17-12)8-10-4-2-1-3-5-10/h1-7H,8-9H2. The summed E-state index contributed by atoms with van der Waals surface area (Å²) in [5.74, 6) is -0.0642. The third-order valence-corrected chi connectivity index (χ3v) is 4.41. The van der Waals surface area contributed by atoms with Crippen molar-refractivity contribution in [3.8, 4) is 0 Å². The van der Waals surface area contributed by atoms with Gasteiger partial charge in [0.25, 0.3) is 5.88 Å². The maximum absolute atomic E-state index is 10.3. The van der Waals surface area contributed by atoms with Crippen molar-refractivity contribution in [2.45, 2.75) is 10.6 Å². The number of hydrogen-bond donors (Lipinski definition) is 0. The second kappa shape index (κ2) is 5.84. The molecule has 17 heavy (non-hydrogen) atoms. The second-order valence-electron chi connectivity index (χ2n) is 3.49. The summed E-state index contributed by atoms with van der Waals surface area (Å²) in [5.41, 5.74) is 1.26. The molecule has 1 aromatic carbocycles. The molecule has 0 fully saturated rings. The number of rotatable bonds is 5. The SMILES string of the molecule is O=[N+]([O-])CSc1ccc(Cc2ccccc2)s1. The lowest BCUT2D eigenvalue weighted by atomic mass is 10.1. The molecule has 0 aliphatic carbocycles. The molecule has 2 aromatic rings. The maximum atomic E-state index is 10.3. The molecule has 0 saturated carbocycles. The van der Waals surface area contributed by atoms with E-state index in [0.717, 1.165) is 10.6 Å². The lowest BCUT2D eigenvalue weighted by molar-refractivity contribution is -0.456. The molecular formula is C12H11NO2S2. The van der Waals surface area contributed by atoms with Gasteiger partial charge in [0.2, 0.25) is 0 Å². The molecule has 0 aliphatic rings. The summed E-state index contributed by atoms with van der Waals surface area (Å²) in [4.78, 5) is 11.2. The first-order valence-electron chi connectivity index (χ1n) is 5.11. The van der Waals surface area contributed by atoms with Gasteiger partial charge in [-0.15, -0.1) is 11.3 Å². The summed E-state index contributed by atoms with van der Waals surface area (Å²) in [6.07, 6.45) is 0.893. The molecule has 0 unspecified atom stereocenters. The minimum Gasteiger partial charge on any atom is -0.264 e. The Morgan fingerprint density at radius 3 is 2.65 bits per heavy atom. The molecule has 0 saturated heterocycles. The van der Waals surface area contributed by atoms with Gasteiger partial charge in [-0.3, -0.25) is 10.1 Å². The molecule has 2 rings (SSSR count). The van der Waals surface area contributed by atoms with Crippen LogP contribution in [0.5, 0.6) is 0 Å². The van der Waals surface area contributed by atoms with Crippen molar-refractivity contribution < 1.29 is 4.92 Å². The fourth-order valence-electron chi connectivity index (χ4n) is 1.44. The molecule has 3 nitrogen and oxygen atoms in total. The zero-order valence-electron chi connectivity index (χ0n) is 9.04. The molecule has 0 amide bonds. The Bertz CT molecular complexity index is 496. The van der Waals surface area contributed by atoms with Crippen molar-refractivity contribution >= 4 is 23.1 Å². The van der Waals surface area contributed by atoms with Crippen molar-refractivity contribution in [2.24, 2.45) is 0 Å². The van der Waals surface area contributed by atoms with Gasteiger partial charge in [-0.2, -0.15) is 0 Å². The van der Waals surface area contributed by atoms with Gasteiger partial charge in [-0.1, -0.05) is 30.3 Å². The normalized spacial score (nSPS) is 10.4. The highest BCUT2D eigenvalue weighted by Crippen LogP contribution is 2.28. The van der Waals surface area contributed by atoms with Crippen LogP contribution < -0.4 is 0 Å². The van der Waals surface area contributed by atoms with Crippen LogP contribution >= 0.6 is 23.1 Å². The van der Waals surface area contributed by atoms with E-state index in [4.69, 9.17) is 0 Å². The zero-order chi connectivity index (χ0) is 12.1. The third-order valence-electron chi connectivity index (χ3n) is 2.17. The summed E-state index contributed by atoms with van der Waals surface area (Å²) in [6, 6.07) is 14.2. The molecule has 0 aliphatic heterocycles. The Kier molecular flexibility index (Phi) is 4.17. The smallest absolute Gasteiger partial charge is 0.254 e. The number of hydrogen-bond acceptors (Lipinski definition) is 4. The highest BCUT2D eigenvalue weighted by atomic mass is 32.2. The Morgan fingerprint density at radius 2 is 1.94 bits per heavy atom. The fraction of sp³-hybridized carbons (Fsp3) is 0.167. The van der Waals surface area contributed by atoms with E-state index in [1.54, 1.807) is 11.3 Å². The van der Waals surface area contributed by atoms with Crippen LogP contribution in [0.3, 0.4) is 0 Å². The first kappa shape index (κ1) is 12.1. The second-order valence-corrected chi connectivity index (χ2v) is 5.90. The fourth-order valence-corrected chi connectivity index (χ4v) is 3.33. The number of thiophene rings is 1. The molecule has 1 aromatic heterocycles. The number of benzene rings is 1. The van der Waals surface area contributed by atoms with E-state index in [9.17, 15) is 10.1 Å². The van der Waals surface area contributed by atoms with Crippen molar-refractivity contribution in [2.75, 3.05) is 5.88 Å². The van der Waals surface area contributed by atoms with Gasteiger partial charge < -0.3 is 0 Å². The Hall–Kier alpha value is -1.33. The number of nitro groups is 1. The Balaban J connectivity index is 1.97. The molecular weight excluding hydrogens is 254 g/mol. The van der Waals surface area contributed by atoms with Gasteiger partial charge in [0, 0.05) is 16.2 Å². The van der Waals surface area contributed by atoms with Crippen LogP contribution in [0.15, 0.2) is 46.7 Å². The molecule has 0 atom stereocenters. The predicted molar refractivity (Wildman–Crippen MR) is 71.3 cm³/mol. The van der Waals surface area contributed by atoms with Crippen LogP contribution in [0, 0.1) is 10.1 Å². The Morgan fingerprint density at radius 1 is 1.18 bits per heavy atom. The van der Waals surface area contributed by atoms with Gasteiger partial charge >= 0.3 is 0 Å². The molecule has 0 N–H and O–H groups in total. The summed E-state index contributed by atoms with van der Waals surface area (Å²) >= 11 is 2.91. The molecule has 0 spiro atoms. The molecule has 0 radical (unpaired) electrons. The van der Waals surface area contributed by atoms with Crippen LogP contribution in [0.2, 0.25) is 0 Å². The topological polar surface area (TPSA) is 43.1 Å². The summed E-state index contributed by atoms with van der Waals surface area (Å²) in [7, 11) is 0. The van der Waals surface area contributed by atoms with E-state index >= 15 is 0 Å². The Labute approximate surface area is 108 Å². The quantitative estimate of drug-likeness (QED) is 0.358. The number of nitrogens with zero attached hydrogens (tertiary/aromatic N) is 1. The minimum absolute atomic E-state index is 0.0642. The van der Waals surface area contributed by atoms with E-state index in [2.05, 4.69) is 12.1 Å². The molecule has 1 heterocycles. The third kappa shape index (κ3) is 3.87. The van der Waals surface area contributed by atoms with Crippen LogP contribution in [-0.4, -0.2) is 10.8 Å². The minimum atomic E-state index is -0.304. The molecule has 88 valence electrons. The predicted octanol–water partition coefficient (Wildman–Crippen LogP) is 3.67. The van der Waals surface area contributed by atoms with Crippen LogP contribution in [0.25, 0.3) is 0 Å². The van der Waals surface area contributed by atoms with Gasteiger partial charge in [0.15, 0.2) is 0 Å². The molecule has 5 heteroatoms. The summed E-state index contributed by atoms with van der Waals surface area (Å²) in [5, 5.41) is 10.3. The zero-order valence-corrected chi connectivity index (χ0v) is 10.7. The van der Waals surface area contributed by atoms with E-state index in [1.807, 2.05) is 30.3 Å². The van der Waals surface area contributed by atoms with Gasteiger partial charge in [0.1, 0.15) is 0 Å². The average molecular weight is 265 g/mol. The van der Waals surface area contributed by atoms with Crippen molar-refractivity contribution in [3.05, 3.63) is 63.0 Å². The highest BCUT2D eigenvalue weighted by molar-refractivity contribution is 8.00. The van der Waals surface area contributed by atoms with Crippen molar-refractivity contribution in [1.29, 1.82) is 0 Å². The number of thioether (sulfide) groups is 1. The average Bonchev–Trinajstić information content (AvgIpc) is 2.75. The van der Waals surface area contributed by atoms with E-state index in [1.165, 1.54) is 22.2 Å². The highest BCUT2D eigenvalue weighted by Gasteiger charge is 2.05. The van der Waals surface area contributed by atoms with Crippen molar-refractivity contribution in [1.82, 2.24) is 0 Å². The maximum Gasteiger partial charge on any atom is 0.254 e. The lowest BCUT2D eigenvalue weighted by Gasteiger charge is -1.96. The van der Waals surface area contributed by atoms with Gasteiger partial charge in [-0.05, 0) is 29.5 Å². The summed E-state index contributed by atoms with van der Waals surface area (Å²) in [6.45, 7) is 0. The van der Waals surface area contributed by atoms with E-state index in [-0.39, 0.29) is 10.8 Å². The van der Waals surface area contributed by atoms with Crippen molar-refractivity contribution in [3.63, 3.8) is 0 Å². The first-order valence-corrected chi connectivity index (χ1v) is 6.91. The lowest BCUT2D eigenvalue weighted by Crippen LogP contribution is -1.93. The van der Waals surface area contributed by atoms with Crippen LogP contribution in [0.1, 0.15) is 10.4 Å². The van der Waals surface area contributed by atoms with Gasteiger partial charge in [-0.25, -0.2) is 0 Å². The summed E-state index contributed by atoms with van der Waals surface area (Å²) < 4.78 is 1.01. The van der Waals surface area contributed by atoms with E-state index in [0.29, 0.717) is 0 Å². The first-order chi connectivity index (χ1) is 8.24. The largest absolute Gasteiger partial charge is 0.264 e. The van der Waals surface area contributed by atoms with Crippen LogP contribution in [-0.2, 0) is 6.42 Å². The van der Waals surface area contributed by atoms with Gasteiger partial charge in [0.05, 0.1) is 4.21 Å².